The molecule has 1 unspecified atom stereocenters. The van der Waals surface area contributed by atoms with Crippen LogP contribution in [0.15, 0.2) is 59.1 Å². The Hall–Kier alpha value is -2.39. The van der Waals surface area contributed by atoms with Crippen molar-refractivity contribution >= 4 is 43.5 Å². The largest absolute Gasteiger partial charge is 0.357 e. The molecule has 2 amide bonds. The highest BCUT2D eigenvalue weighted by Crippen LogP contribution is 2.19. The van der Waals surface area contributed by atoms with Crippen molar-refractivity contribution in [1.82, 2.24) is 10.2 Å². The van der Waals surface area contributed by atoms with Gasteiger partial charge in [0.2, 0.25) is 21.8 Å². The molecular weight excluding hydrogens is 458 g/mol. The molecule has 0 fully saturated rings. The predicted molar refractivity (Wildman–Crippen MR) is 117 cm³/mol. The third-order valence-corrected chi connectivity index (χ3v) is 6.01. The number of carbonyl (C=O) groups is 2. The molecule has 156 valence electrons. The molecule has 0 aliphatic carbocycles. The number of anilines is 1. The van der Waals surface area contributed by atoms with Crippen molar-refractivity contribution in [3.8, 4) is 0 Å². The molecular formula is C20H24BrN3O4S. The molecule has 1 N–H and O–H groups in total. The van der Waals surface area contributed by atoms with Crippen LogP contribution >= 0.6 is 15.9 Å². The van der Waals surface area contributed by atoms with Gasteiger partial charge in [0.05, 0.1) is 11.9 Å². The lowest BCUT2D eigenvalue weighted by Crippen LogP contribution is -2.50. The van der Waals surface area contributed by atoms with Crippen molar-refractivity contribution < 1.29 is 18.0 Å². The van der Waals surface area contributed by atoms with Gasteiger partial charge in [0, 0.05) is 18.1 Å². The molecule has 2 aromatic carbocycles. The van der Waals surface area contributed by atoms with Gasteiger partial charge in [-0.25, -0.2) is 8.42 Å². The SMILES string of the molecule is CNC(=O)C(C)N(Cc1cccc(Br)c1)C(=O)CN(c1ccccc1)S(C)(=O)=O. The summed E-state index contributed by atoms with van der Waals surface area (Å²) in [7, 11) is -2.21. The standard InChI is InChI=1S/C20H24BrN3O4S/c1-15(20(26)22-2)23(13-16-8-7-9-17(21)12-16)19(25)14-24(29(3,27)28)18-10-5-4-6-11-18/h4-12,15H,13-14H2,1-3H3,(H,22,26). The molecule has 0 bridgehead atoms. The summed E-state index contributed by atoms with van der Waals surface area (Å²) < 4.78 is 26.5. The second-order valence-corrected chi connectivity index (χ2v) is 9.37. The third-order valence-electron chi connectivity index (χ3n) is 4.38. The Balaban J connectivity index is 2.35. The molecule has 1 atom stereocenters. The maximum Gasteiger partial charge on any atom is 0.244 e. The smallest absolute Gasteiger partial charge is 0.244 e. The summed E-state index contributed by atoms with van der Waals surface area (Å²) in [6, 6.07) is 15.0. The van der Waals surface area contributed by atoms with E-state index in [1.54, 1.807) is 37.3 Å². The number of hydrogen-bond acceptors (Lipinski definition) is 4. The van der Waals surface area contributed by atoms with E-state index in [2.05, 4.69) is 21.2 Å². The number of benzene rings is 2. The van der Waals surface area contributed by atoms with Crippen LogP contribution in [0.5, 0.6) is 0 Å². The van der Waals surface area contributed by atoms with Gasteiger partial charge in [-0.1, -0.05) is 46.3 Å². The Morgan fingerprint density at radius 3 is 2.31 bits per heavy atom. The van der Waals surface area contributed by atoms with E-state index in [1.165, 1.54) is 11.9 Å². The van der Waals surface area contributed by atoms with Crippen LogP contribution < -0.4 is 9.62 Å². The first-order valence-corrected chi connectivity index (χ1v) is 11.6. The highest BCUT2D eigenvalue weighted by atomic mass is 79.9. The van der Waals surface area contributed by atoms with Crippen molar-refractivity contribution in [1.29, 1.82) is 0 Å². The normalized spacial score (nSPS) is 12.1. The average Bonchev–Trinajstić information content (AvgIpc) is 2.68. The molecule has 7 nitrogen and oxygen atoms in total. The lowest BCUT2D eigenvalue weighted by molar-refractivity contribution is -0.139. The maximum atomic E-state index is 13.2. The Labute approximate surface area is 179 Å². The van der Waals surface area contributed by atoms with Gasteiger partial charge in [-0.3, -0.25) is 13.9 Å². The zero-order chi connectivity index (χ0) is 21.6. The Bertz CT molecular complexity index is 967. The molecule has 0 saturated heterocycles. The first kappa shape index (κ1) is 22.9. The van der Waals surface area contributed by atoms with Gasteiger partial charge in [-0.05, 0) is 36.8 Å². The molecule has 9 heteroatoms. The Kier molecular flexibility index (Phi) is 7.80. The minimum absolute atomic E-state index is 0.166. The van der Waals surface area contributed by atoms with Crippen LogP contribution in [-0.4, -0.2) is 51.0 Å². The molecule has 0 saturated carbocycles. The molecule has 0 aromatic heterocycles. The molecule has 0 heterocycles. The van der Waals surface area contributed by atoms with E-state index in [0.717, 1.165) is 20.6 Å². The molecule has 29 heavy (non-hydrogen) atoms. The van der Waals surface area contributed by atoms with Crippen molar-refractivity contribution in [2.24, 2.45) is 0 Å². The number of nitrogens with one attached hydrogen (secondary N) is 1. The predicted octanol–water partition coefficient (Wildman–Crippen LogP) is 2.38. The van der Waals surface area contributed by atoms with E-state index in [0.29, 0.717) is 5.69 Å². The molecule has 0 spiro atoms. The first-order valence-electron chi connectivity index (χ1n) is 8.91. The van der Waals surface area contributed by atoms with Gasteiger partial charge >= 0.3 is 0 Å². The van der Waals surface area contributed by atoms with Crippen LogP contribution in [0, 0.1) is 0 Å². The summed E-state index contributed by atoms with van der Waals surface area (Å²) in [5, 5.41) is 2.54. The highest BCUT2D eigenvalue weighted by molar-refractivity contribution is 9.10. The van der Waals surface area contributed by atoms with Crippen LogP contribution in [0.1, 0.15) is 12.5 Å². The van der Waals surface area contributed by atoms with Gasteiger partial charge in [0.25, 0.3) is 0 Å². The van der Waals surface area contributed by atoms with Crippen LogP contribution in [0.2, 0.25) is 0 Å². The lowest BCUT2D eigenvalue weighted by atomic mass is 10.1. The fraction of sp³-hybridized carbons (Fsp3) is 0.300. The summed E-state index contributed by atoms with van der Waals surface area (Å²) in [4.78, 5) is 26.8. The van der Waals surface area contributed by atoms with E-state index >= 15 is 0 Å². The second-order valence-electron chi connectivity index (χ2n) is 6.55. The van der Waals surface area contributed by atoms with Crippen LogP contribution in [0.4, 0.5) is 5.69 Å². The summed E-state index contributed by atoms with van der Waals surface area (Å²) in [5.41, 5.74) is 1.20. The molecule has 2 rings (SSSR count). The van der Waals surface area contributed by atoms with Gasteiger partial charge in [-0.15, -0.1) is 0 Å². The fourth-order valence-electron chi connectivity index (χ4n) is 2.83. The number of likely N-dealkylation sites (N-methyl/N-ethyl adjacent to an activating group) is 1. The van der Waals surface area contributed by atoms with Crippen LogP contribution in [0.25, 0.3) is 0 Å². The van der Waals surface area contributed by atoms with Crippen molar-refractivity contribution in [2.45, 2.75) is 19.5 Å². The fourth-order valence-corrected chi connectivity index (χ4v) is 4.13. The number of rotatable bonds is 8. The number of amides is 2. The van der Waals surface area contributed by atoms with Crippen LogP contribution in [-0.2, 0) is 26.2 Å². The summed E-state index contributed by atoms with van der Waals surface area (Å²) >= 11 is 3.40. The van der Waals surface area contributed by atoms with Gasteiger partial charge in [-0.2, -0.15) is 0 Å². The maximum absolute atomic E-state index is 13.2. The number of nitrogens with zero attached hydrogens (tertiary/aromatic N) is 2. The molecule has 0 aliphatic rings. The molecule has 0 aliphatic heterocycles. The second kappa shape index (κ2) is 9.89. The van der Waals surface area contributed by atoms with E-state index in [1.807, 2.05) is 24.3 Å². The minimum atomic E-state index is -3.70. The van der Waals surface area contributed by atoms with E-state index in [-0.39, 0.29) is 12.5 Å². The number of hydrogen-bond donors (Lipinski definition) is 1. The van der Waals surface area contributed by atoms with Gasteiger partial charge in [0.15, 0.2) is 0 Å². The highest BCUT2D eigenvalue weighted by Gasteiger charge is 2.29. The topological polar surface area (TPSA) is 86.8 Å². The number of halogens is 1. The van der Waals surface area contributed by atoms with Gasteiger partial charge < -0.3 is 10.2 Å². The summed E-state index contributed by atoms with van der Waals surface area (Å²) in [5.74, 6) is -0.811. The average molecular weight is 482 g/mol. The third kappa shape index (κ3) is 6.30. The monoisotopic (exact) mass is 481 g/mol. The van der Waals surface area contributed by atoms with E-state index < -0.39 is 28.5 Å². The van der Waals surface area contributed by atoms with Crippen molar-refractivity contribution in [3.05, 3.63) is 64.6 Å². The van der Waals surface area contributed by atoms with Crippen LogP contribution in [0.3, 0.4) is 0 Å². The number of sulfonamides is 1. The first-order chi connectivity index (χ1) is 13.6. The minimum Gasteiger partial charge on any atom is -0.357 e. The summed E-state index contributed by atoms with van der Waals surface area (Å²) in [6.07, 6.45) is 1.05. The van der Waals surface area contributed by atoms with Gasteiger partial charge in [0.1, 0.15) is 12.6 Å². The van der Waals surface area contributed by atoms with E-state index in [9.17, 15) is 18.0 Å². The zero-order valence-electron chi connectivity index (χ0n) is 16.5. The number of para-hydroxylation sites is 1. The van der Waals surface area contributed by atoms with Crippen molar-refractivity contribution in [3.63, 3.8) is 0 Å². The molecule has 0 radical (unpaired) electrons. The number of carbonyl (C=O) groups excluding carboxylic acids is 2. The lowest BCUT2D eigenvalue weighted by Gasteiger charge is -2.31. The quantitative estimate of drug-likeness (QED) is 0.626. The zero-order valence-corrected chi connectivity index (χ0v) is 18.9. The molecule has 2 aromatic rings. The summed E-state index contributed by atoms with van der Waals surface area (Å²) in [6.45, 7) is 1.37. The Morgan fingerprint density at radius 2 is 1.76 bits per heavy atom. The van der Waals surface area contributed by atoms with Crippen molar-refractivity contribution in [2.75, 3.05) is 24.2 Å². The van der Waals surface area contributed by atoms with E-state index in [4.69, 9.17) is 0 Å². The Morgan fingerprint density at radius 1 is 1.10 bits per heavy atom.